The van der Waals surface area contributed by atoms with Gasteiger partial charge in [-0.05, 0) is 6.92 Å². The topological polar surface area (TPSA) is 112 Å². The van der Waals surface area contributed by atoms with Crippen molar-refractivity contribution in [3.8, 4) is 0 Å². The molecular formula is C10H19O8P. The Morgan fingerprint density at radius 2 is 1.53 bits per heavy atom. The van der Waals surface area contributed by atoms with Gasteiger partial charge in [0.15, 0.2) is 0 Å². The zero-order valence-corrected chi connectivity index (χ0v) is 11.6. The highest BCUT2D eigenvalue weighted by atomic mass is 31.2. The van der Waals surface area contributed by atoms with E-state index in [1.54, 1.807) is 6.92 Å². The molecule has 0 saturated carbocycles. The van der Waals surface area contributed by atoms with Crippen molar-refractivity contribution in [3.63, 3.8) is 0 Å². The average Bonchev–Trinajstić information content (AvgIpc) is 2.29. The van der Waals surface area contributed by atoms with Gasteiger partial charge < -0.3 is 24.0 Å². The quantitative estimate of drug-likeness (QED) is 0.242. The Morgan fingerprint density at radius 3 is 2.00 bits per heavy atom. The summed E-state index contributed by atoms with van der Waals surface area (Å²) in [4.78, 5) is 27.7. The minimum atomic E-state index is -4.42. The molecule has 0 aromatic heterocycles. The lowest BCUT2D eigenvalue weighted by atomic mass is 10.4. The lowest BCUT2D eigenvalue weighted by Gasteiger charge is -2.07. The van der Waals surface area contributed by atoms with Crippen molar-refractivity contribution in [1.82, 2.24) is 0 Å². The van der Waals surface area contributed by atoms with E-state index in [0.29, 0.717) is 5.57 Å². The monoisotopic (exact) mass is 298 g/mol. The van der Waals surface area contributed by atoms with E-state index >= 15 is 0 Å². The van der Waals surface area contributed by atoms with Gasteiger partial charge >= 0.3 is 13.8 Å². The number of carbonyl (C=O) groups excluding carboxylic acids is 1. The second-order valence-corrected chi connectivity index (χ2v) is 4.70. The maximum Gasteiger partial charge on any atom is 0.469 e. The zero-order valence-electron chi connectivity index (χ0n) is 10.7. The molecule has 0 bridgehead atoms. The van der Waals surface area contributed by atoms with Crippen LogP contribution in [0.1, 0.15) is 6.92 Å². The van der Waals surface area contributed by atoms with Gasteiger partial charge in [-0.1, -0.05) is 6.58 Å². The third kappa shape index (κ3) is 13.5. The summed E-state index contributed by atoms with van der Waals surface area (Å²) in [6.07, 6.45) is 0. The first-order chi connectivity index (χ1) is 8.83. The van der Waals surface area contributed by atoms with Crippen LogP contribution in [0.2, 0.25) is 0 Å². The van der Waals surface area contributed by atoms with Gasteiger partial charge in [0, 0.05) is 5.57 Å². The Balaban J connectivity index is 3.22. The molecule has 0 aromatic carbocycles. The maximum atomic E-state index is 11.0. The van der Waals surface area contributed by atoms with E-state index in [9.17, 15) is 9.36 Å². The number of phosphoric ester groups is 1. The molecule has 0 aliphatic heterocycles. The van der Waals surface area contributed by atoms with Crippen LogP contribution in [0.15, 0.2) is 12.2 Å². The van der Waals surface area contributed by atoms with Crippen LogP contribution in [0.5, 0.6) is 0 Å². The molecule has 0 atom stereocenters. The first kappa shape index (κ1) is 18.2. The SMILES string of the molecule is C=C(C)C(=O)OCCOCCOCCOP(=O)(O)O. The van der Waals surface area contributed by atoms with E-state index in [0.717, 1.165) is 0 Å². The number of hydrogen-bond donors (Lipinski definition) is 2. The molecule has 0 saturated heterocycles. The van der Waals surface area contributed by atoms with Crippen LogP contribution in [0.25, 0.3) is 0 Å². The summed E-state index contributed by atoms with van der Waals surface area (Å²) >= 11 is 0. The van der Waals surface area contributed by atoms with Crippen molar-refractivity contribution in [1.29, 1.82) is 0 Å². The first-order valence-electron chi connectivity index (χ1n) is 5.51. The molecule has 19 heavy (non-hydrogen) atoms. The predicted octanol–water partition coefficient (Wildman–Crippen LogP) is 0.248. The zero-order chi connectivity index (χ0) is 14.7. The van der Waals surface area contributed by atoms with Crippen molar-refractivity contribution < 1.29 is 37.9 Å². The molecule has 0 aliphatic carbocycles. The van der Waals surface area contributed by atoms with Crippen LogP contribution in [-0.2, 0) is 28.1 Å². The molecule has 0 aliphatic rings. The fourth-order valence-electron chi connectivity index (χ4n) is 0.854. The fraction of sp³-hybridized carbons (Fsp3) is 0.700. The standard InChI is InChI=1S/C10H19O8P/c1-9(2)10(11)17-7-5-15-3-4-16-6-8-18-19(12,13)14/h1,3-8H2,2H3,(H2,12,13,14). The van der Waals surface area contributed by atoms with Crippen molar-refractivity contribution >= 4 is 13.8 Å². The molecule has 0 rings (SSSR count). The highest BCUT2D eigenvalue weighted by Crippen LogP contribution is 2.35. The molecule has 0 aromatic rings. The smallest absolute Gasteiger partial charge is 0.460 e. The van der Waals surface area contributed by atoms with Crippen LogP contribution in [0.3, 0.4) is 0 Å². The molecule has 0 radical (unpaired) electrons. The van der Waals surface area contributed by atoms with Crippen molar-refractivity contribution in [3.05, 3.63) is 12.2 Å². The third-order valence-corrected chi connectivity index (χ3v) is 2.19. The van der Waals surface area contributed by atoms with Crippen LogP contribution < -0.4 is 0 Å². The Morgan fingerprint density at radius 1 is 1.05 bits per heavy atom. The summed E-state index contributed by atoms with van der Waals surface area (Å²) in [7, 11) is -4.42. The minimum absolute atomic E-state index is 0.0547. The number of hydrogen-bond acceptors (Lipinski definition) is 6. The van der Waals surface area contributed by atoms with Gasteiger partial charge in [0.2, 0.25) is 0 Å². The Bertz CT molecular complexity index is 323. The summed E-state index contributed by atoms with van der Waals surface area (Å²) in [5.41, 5.74) is 0.327. The van der Waals surface area contributed by atoms with Gasteiger partial charge in [-0.3, -0.25) is 4.52 Å². The van der Waals surface area contributed by atoms with Gasteiger partial charge in [-0.15, -0.1) is 0 Å². The molecule has 112 valence electrons. The second kappa shape index (κ2) is 10.1. The maximum absolute atomic E-state index is 11.0. The lowest BCUT2D eigenvalue weighted by Crippen LogP contribution is -2.14. The normalized spacial score (nSPS) is 11.3. The van der Waals surface area contributed by atoms with Gasteiger partial charge in [-0.2, -0.15) is 0 Å². The van der Waals surface area contributed by atoms with Gasteiger partial charge in [-0.25, -0.2) is 9.36 Å². The number of phosphoric acid groups is 1. The van der Waals surface area contributed by atoms with Crippen molar-refractivity contribution in [2.24, 2.45) is 0 Å². The van der Waals surface area contributed by atoms with Crippen molar-refractivity contribution in [2.45, 2.75) is 6.92 Å². The second-order valence-electron chi connectivity index (χ2n) is 3.46. The molecule has 2 N–H and O–H groups in total. The molecule has 0 unspecified atom stereocenters. The predicted molar refractivity (Wildman–Crippen MR) is 65.4 cm³/mol. The van der Waals surface area contributed by atoms with E-state index in [1.165, 1.54) is 0 Å². The van der Waals surface area contributed by atoms with Gasteiger partial charge in [0.1, 0.15) is 6.61 Å². The number of esters is 1. The lowest BCUT2D eigenvalue weighted by molar-refractivity contribution is -0.140. The highest BCUT2D eigenvalue weighted by molar-refractivity contribution is 7.46. The fourth-order valence-corrected chi connectivity index (χ4v) is 1.17. The number of ether oxygens (including phenoxy) is 3. The summed E-state index contributed by atoms with van der Waals surface area (Å²) in [5, 5.41) is 0. The van der Waals surface area contributed by atoms with Crippen LogP contribution >= 0.6 is 7.82 Å². The molecule has 0 amide bonds. The molecule has 0 fully saturated rings. The number of carbonyl (C=O) groups is 1. The van der Waals surface area contributed by atoms with E-state index in [4.69, 9.17) is 24.0 Å². The van der Waals surface area contributed by atoms with E-state index in [2.05, 4.69) is 11.1 Å². The molecule has 8 nitrogen and oxygen atoms in total. The summed E-state index contributed by atoms with van der Waals surface area (Å²) in [5.74, 6) is -0.463. The first-order valence-corrected chi connectivity index (χ1v) is 7.04. The Labute approximate surface area is 111 Å². The minimum Gasteiger partial charge on any atom is -0.460 e. The molecule has 0 heterocycles. The average molecular weight is 298 g/mol. The third-order valence-electron chi connectivity index (χ3n) is 1.67. The summed E-state index contributed by atoms with van der Waals surface area (Å²) < 4.78 is 29.3. The highest BCUT2D eigenvalue weighted by Gasteiger charge is 2.12. The van der Waals surface area contributed by atoms with Crippen LogP contribution in [0.4, 0.5) is 0 Å². The van der Waals surface area contributed by atoms with E-state index < -0.39 is 13.8 Å². The largest absolute Gasteiger partial charge is 0.469 e. The van der Waals surface area contributed by atoms with Crippen molar-refractivity contribution in [2.75, 3.05) is 39.6 Å². The Kier molecular flexibility index (Phi) is 9.68. The van der Waals surface area contributed by atoms with Gasteiger partial charge in [0.25, 0.3) is 0 Å². The Hall–Kier alpha value is -0.760. The molecule has 9 heteroatoms. The van der Waals surface area contributed by atoms with E-state index in [-0.39, 0.29) is 39.6 Å². The molecular weight excluding hydrogens is 279 g/mol. The summed E-state index contributed by atoms with van der Waals surface area (Å²) in [6.45, 7) is 5.74. The van der Waals surface area contributed by atoms with Crippen LogP contribution in [-0.4, -0.2) is 55.4 Å². The van der Waals surface area contributed by atoms with Gasteiger partial charge in [0.05, 0.1) is 33.0 Å². The van der Waals surface area contributed by atoms with Crippen LogP contribution in [0, 0.1) is 0 Å². The summed E-state index contributed by atoms with van der Waals surface area (Å²) in [6, 6.07) is 0. The molecule has 0 spiro atoms. The number of rotatable bonds is 11. The van der Waals surface area contributed by atoms with E-state index in [1.807, 2.05) is 0 Å².